The molecular weight excluding hydrogens is 392 g/mol. The molecule has 1 aromatic heterocycles. The standard InChI is InChI=1S/C25H28N2O2S/c1-3-19-11-13-21(14-12-19)25(23-10-7-15-30-23)26-17-24(29)27-22(18(2)28)16-20-8-5-4-6-9-20/h4-15,22,25-26H,3,16-17H2,1-2H3,(H,27,29)/p+1/t22-,25+/m1/s1. The van der Waals surface area contributed by atoms with Crippen molar-refractivity contribution in [1.29, 1.82) is 0 Å². The maximum atomic E-state index is 12.7. The zero-order valence-corrected chi connectivity index (χ0v) is 18.3. The Morgan fingerprint density at radius 1 is 0.967 bits per heavy atom. The van der Waals surface area contributed by atoms with Gasteiger partial charge in [-0.15, -0.1) is 11.3 Å². The molecule has 0 saturated carbocycles. The summed E-state index contributed by atoms with van der Waals surface area (Å²) in [4.78, 5) is 25.9. The van der Waals surface area contributed by atoms with Crippen LogP contribution in [0.3, 0.4) is 0 Å². The number of thiophene rings is 1. The van der Waals surface area contributed by atoms with Crippen LogP contribution in [0.25, 0.3) is 0 Å². The van der Waals surface area contributed by atoms with Gasteiger partial charge in [0.15, 0.2) is 12.3 Å². The first-order valence-corrected chi connectivity index (χ1v) is 11.2. The Balaban J connectivity index is 1.65. The fourth-order valence-electron chi connectivity index (χ4n) is 3.47. The van der Waals surface area contributed by atoms with Gasteiger partial charge in [-0.1, -0.05) is 67.6 Å². The normalized spacial score (nSPS) is 12.9. The summed E-state index contributed by atoms with van der Waals surface area (Å²) in [6.45, 7) is 3.93. The van der Waals surface area contributed by atoms with Gasteiger partial charge >= 0.3 is 0 Å². The third-order valence-corrected chi connectivity index (χ3v) is 6.20. The van der Waals surface area contributed by atoms with E-state index in [4.69, 9.17) is 0 Å². The van der Waals surface area contributed by atoms with E-state index in [2.05, 4.69) is 48.0 Å². The highest BCUT2D eigenvalue weighted by molar-refractivity contribution is 7.10. The number of nitrogens with one attached hydrogen (secondary N) is 1. The van der Waals surface area contributed by atoms with E-state index >= 15 is 0 Å². The number of hydrogen-bond donors (Lipinski definition) is 2. The largest absolute Gasteiger partial charge is 0.341 e. The number of hydrogen-bond acceptors (Lipinski definition) is 3. The van der Waals surface area contributed by atoms with Crippen molar-refractivity contribution in [2.45, 2.75) is 38.8 Å². The number of carbonyl (C=O) groups excluding carboxylic acids is 2. The van der Waals surface area contributed by atoms with Gasteiger partial charge in [-0.25, -0.2) is 0 Å². The van der Waals surface area contributed by atoms with Crippen LogP contribution in [0, 0.1) is 0 Å². The van der Waals surface area contributed by atoms with E-state index in [1.54, 1.807) is 11.3 Å². The maximum Gasteiger partial charge on any atom is 0.275 e. The molecule has 0 aliphatic carbocycles. The van der Waals surface area contributed by atoms with Crippen LogP contribution in [0.1, 0.15) is 41.5 Å². The molecule has 0 aliphatic rings. The Kier molecular flexibility index (Phi) is 7.94. The molecule has 3 aromatic rings. The summed E-state index contributed by atoms with van der Waals surface area (Å²) in [6, 6.07) is 22.1. The van der Waals surface area contributed by atoms with Gasteiger partial charge in [-0.05, 0) is 42.3 Å². The highest BCUT2D eigenvalue weighted by Gasteiger charge is 2.22. The molecule has 156 valence electrons. The summed E-state index contributed by atoms with van der Waals surface area (Å²) in [6.07, 6.45) is 1.51. The van der Waals surface area contributed by atoms with Crippen molar-refractivity contribution in [3.8, 4) is 0 Å². The number of rotatable bonds is 10. The molecule has 0 saturated heterocycles. The Hall–Kier alpha value is -2.76. The van der Waals surface area contributed by atoms with Crippen molar-refractivity contribution < 1.29 is 14.9 Å². The number of amides is 1. The summed E-state index contributed by atoms with van der Waals surface area (Å²) in [5.41, 5.74) is 3.51. The predicted octanol–water partition coefficient (Wildman–Crippen LogP) is 3.28. The fraction of sp³-hybridized carbons (Fsp3) is 0.280. The second-order valence-electron chi connectivity index (χ2n) is 7.45. The van der Waals surface area contributed by atoms with Crippen LogP contribution < -0.4 is 10.6 Å². The Morgan fingerprint density at radius 3 is 2.30 bits per heavy atom. The van der Waals surface area contributed by atoms with Crippen LogP contribution in [0.5, 0.6) is 0 Å². The first kappa shape index (κ1) is 21.9. The minimum Gasteiger partial charge on any atom is -0.341 e. The minimum absolute atomic E-state index is 0.0304. The molecule has 0 spiro atoms. The average Bonchev–Trinajstić information content (AvgIpc) is 3.29. The van der Waals surface area contributed by atoms with Gasteiger partial charge < -0.3 is 10.6 Å². The van der Waals surface area contributed by atoms with E-state index in [0.717, 1.165) is 12.0 Å². The molecule has 0 bridgehead atoms. The molecule has 4 nitrogen and oxygen atoms in total. The zero-order chi connectivity index (χ0) is 21.3. The van der Waals surface area contributed by atoms with Crippen molar-refractivity contribution in [3.05, 3.63) is 93.7 Å². The topological polar surface area (TPSA) is 62.8 Å². The smallest absolute Gasteiger partial charge is 0.275 e. The Bertz CT molecular complexity index is 937. The predicted molar refractivity (Wildman–Crippen MR) is 122 cm³/mol. The molecule has 0 fully saturated rings. The number of Topliss-reactive ketones (excluding diaryl/α,β-unsaturated/α-hetero) is 1. The molecule has 3 N–H and O–H groups in total. The number of quaternary nitrogens is 1. The first-order chi connectivity index (χ1) is 14.6. The summed E-state index contributed by atoms with van der Waals surface area (Å²) in [7, 11) is 0. The number of benzene rings is 2. The third kappa shape index (κ3) is 6.12. The highest BCUT2D eigenvalue weighted by Crippen LogP contribution is 2.23. The molecule has 3 rings (SSSR count). The number of carbonyl (C=O) groups is 2. The van der Waals surface area contributed by atoms with E-state index in [0.29, 0.717) is 6.42 Å². The van der Waals surface area contributed by atoms with Gasteiger partial charge in [0.1, 0.15) is 6.04 Å². The maximum absolute atomic E-state index is 12.7. The monoisotopic (exact) mass is 421 g/mol. The molecule has 2 atom stereocenters. The molecule has 1 heterocycles. The molecule has 0 radical (unpaired) electrons. The SMILES string of the molecule is CCc1ccc([C@H]([NH2+]CC(=O)N[C@H](Cc2ccccc2)C(C)=O)c2cccs2)cc1. The molecule has 0 aliphatic heterocycles. The van der Waals surface area contributed by atoms with Crippen molar-refractivity contribution >= 4 is 23.0 Å². The second-order valence-corrected chi connectivity index (χ2v) is 8.43. The fourth-order valence-corrected chi connectivity index (χ4v) is 4.32. The molecular formula is C25H29N2O2S+. The average molecular weight is 422 g/mol. The van der Waals surface area contributed by atoms with Crippen LogP contribution in [0.2, 0.25) is 0 Å². The van der Waals surface area contributed by atoms with Crippen LogP contribution >= 0.6 is 11.3 Å². The van der Waals surface area contributed by atoms with E-state index in [-0.39, 0.29) is 24.3 Å². The summed E-state index contributed by atoms with van der Waals surface area (Å²) < 4.78 is 0. The lowest BCUT2D eigenvalue weighted by Crippen LogP contribution is -2.87. The summed E-state index contributed by atoms with van der Waals surface area (Å²) in [5, 5.41) is 7.02. The first-order valence-electron chi connectivity index (χ1n) is 10.4. The Labute approximate surface area is 182 Å². The van der Waals surface area contributed by atoms with Crippen molar-refractivity contribution in [1.82, 2.24) is 5.32 Å². The van der Waals surface area contributed by atoms with Crippen molar-refractivity contribution in [2.75, 3.05) is 6.54 Å². The van der Waals surface area contributed by atoms with Gasteiger partial charge in [0.25, 0.3) is 5.91 Å². The quantitative estimate of drug-likeness (QED) is 0.528. The van der Waals surface area contributed by atoms with Gasteiger partial charge in [0.05, 0.1) is 10.9 Å². The minimum atomic E-state index is -0.502. The van der Waals surface area contributed by atoms with Crippen molar-refractivity contribution in [2.24, 2.45) is 0 Å². The summed E-state index contributed by atoms with van der Waals surface area (Å²) in [5.74, 6) is -0.157. The van der Waals surface area contributed by atoms with Crippen molar-refractivity contribution in [3.63, 3.8) is 0 Å². The van der Waals surface area contributed by atoms with Gasteiger partial charge in [-0.2, -0.15) is 0 Å². The lowest BCUT2D eigenvalue weighted by Gasteiger charge is -2.18. The highest BCUT2D eigenvalue weighted by atomic mass is 32.1. The van der Waals surface area contributed by atoms with Gasteiger partial charge in [0, 0.05) is 5.56 Å². The van der Waals surface area contributed by atoms with Crippen LogP contribution in [-0.2, 0) is 22.4 Å². The third-order valence-electron chi connectivity index (χ3n) is 5.24. The number of aryl methyl sites for hydroxylation is 1. The molecule has 5 heteroatoms. The number of nitrogens with two attached hydrogens (primary N) is 1. The van der Waals surface area contributed by atoms with Gasteiger partial charge in [-0.3, -0.25) is 9.59 Å². The second kappa shape index (κ2) is 10.9. The molecule has 30 heavy (non-hydrogen) atoms. The number of ketones is 1. The lowest BCUT2D eigenvalue weighted by atomic mass is 10.0. The van der Waals surface area contributed by atoms with Crippen LogP contribution in [-0.4, -0.2) is 24.3 Å². The summed E-state index contributed by atoms with van der Waals surface area (Å²) >= 11 is 1.69. The van der Waals surface area contributed by atoms with Gasteiger partial charge in [0.2, 0.25) is 0 Å². The molecule has 2 aromatic carbocycles. The lowest BCUT2D eigenvalue weighted by molar-refractivity contribution is -0.676. The van der Waals surface area contributed by atoms with E-state index < -0.39 is 6.04 Å². The molecule has 1 amide bonds. The molecule has 0 unspecified atom stereocenters. The van der Waals surface area contributed by atoms with Crippen LogP contribution in [0.15, 0.2) is 72.1 Å². The van der Waals surface area contributed by atoms with Crippen LogP contribution in [0.4, 0.5) is 0 Å². The zero-order valence-electron chi connectivity index (χ0n) is 17.5. The van der Waals surface area contributed by atoms with E-state index in [1.165, 1.54) is 22.9 Å². The van der Waals surface area contributed by atoms with E-state index in [1.807, 2.05) is 41.7 Å². The Morgan fingerprint density at radius 2 is 1.70 bits per heavy atom. The van der Waals surface area contributed by atoms with E-state index in [9.17, 15) is 9.59 Å².